The monoisotopic (exact) mass is 280 g/mol. The number of hydrogen-bond acceptors (Lipinski definition) is 3. The minimum Gasteiger partial charge on any atom is -0.288 e. The number of carbonyl (C=O) groups is 1. The summed E-state index contributed by atoms with van der Waals surface area (Å²) in [6, 6.07) is 3.85. The van der Waals surface area contributed by atoms with Gasteiger partial charge in [-0.25, -0.2) is 0 Å². The highest BCUT2D eigenvalue weighted by atomic mass is 35.5. The Balaban J connectivity index is 2.16. The van der Waals surface area contributed by atoms with Gasteiger partial charge in [-0.15, -0.1) is 11.3 Å². The van der Waals surface area contributed by atoms with Gasteiger partial charge in [0.2, 0.25) is 0 Å². The number of allylic oxidation sites excluding steroid dienone is 1. The number of halogens is 1. The standard InChI is InChI=1S/C13H13ClN2OS/c1-3-9-4-7-13(18-9)12(17)6-5-11-10(14)8-15-16(11)2/h4-8H,3H2,1-2H3/b6-5+. The summed E-state index contributed by atoms with van der Waals surface area (Å²) in [6.45, 7) is 2.07. The number of hydrogen-bond donors (Lipinski definition) is 0. The van der Waals surface area contributed by atoms with E-state index in [1.807, 2.05) is 12.1 Å². The highest BCUT2D eigenvalue weighted by molar-refractivity contribution is 7.14. The van der Waals surface area contributed by atoms with Crippen molar-refractivity contribution in [2.45, 2.75) is 13.3 Å². The molecule has 0 N–H and O–H groups in total. The van der Waals surface area contributed by atoms with Crippen LogP contribution in [0.3, 0.4) is 0 Å². The molecule has 5 heteroatoms. The van der Waals surface area contributed by atoms with Crippen LogP contribution in [0.15, 0.2) is 24.4 Å². The second-order valence-electron chi connectivity index (χ2n) is 3.82. The largest absolute Gasteiger partial charge is 0.288 e. The van der Waals surface area contributed by atoms with Crippen molar-refractivity contribution in [3.05, 3.63) is 44.9 Å². The smallest absolute Gasteiger partial charge is 0.195 e. The fourth-order valence-corrected chi connectivity index (χ4v) is 2.64. The van der Waals surface area contributed by atoms with Crippen LogP contribution in [0.4, 0.5) is 0 Å². The van der Waals surface area contributed by atoms with E-state index >= 15 is 0 Å². The average molecular weight is 281 g/mol. The van der Waals surface area contributed by atoms with E-state index in [2.05, 4.69) is 12.0 Å². The predicted octanol–water partition coefficient (Wildman–Crippen LogP) is 3.59. The molecule has 18 heavy (non-hydrogen) atoms. The lowest BCUT2D eigenvalue weighted by atomic mass is 10.2. The Hall–Kier alpha value is -1.39. The molecule has 94 valence electrons. The summed E-state index contributed by atoms with van der Waals surface area (Å²) >= 11 is 7.49. The van der Waals surface area contributed by atoms with Crippen LogP contribution in [0.5, 0.6) is 0 Å². The first kappa shape index (κ1) is 13.1. The maximum absolute atomic E-state index is 11.9. The van der Waals surface area contributed by atoms with E-state index in [-0.39, 0.29) is 5.78 Å². The van der Waals surface area contributed by atoms with Gasteiger partial charge in [-0.2, -0.15) is 5.10 Å². The minimum atomic E-state index is -0.00281. The first-order valence-corrected chi connectivity index (χ1v) is 6.80. The van der Waals surface area contributed by atoms with E-state index in [1.165, 1.54) is 22.3 Å². The average Bonchev–Trinajstić information content (AvgIpc) is 2.95. The third-order valence-corrected chi connectivity index (χ3v) is 4.12. The summed E-state index contributed by atoms with van der Waals surface area (Å²) in [5.41, 5.74) is 0.734. The van der Waals surface area contributed by atoms with Gasteiger partial charge in [-0.1, -0.05) is 18.5 Å². The Kier molecular flexibility index (Phi) is 3.99. The lowest BCUT2D eigenvalue weighted by Crippen LogP contribution is -1.94. The molecule has 2 aromatic heterocycles. The quantitative estimate of drug-likeness (QED) is 0.634. The third-order valence-electron chi connectivity index (χ3n) is 2.58. The van der Waals surface area contributed by atoms with Crippen molar-refractivity contribution < 1.29 is 4.79 Å². The fourth-order valence-electron chi connectivity index (χ4n) is 1.54. The fraction of sp³-hybridized carbons (Fsp3) is 0.231. The SMILES string of the molecule is CCc1ccc(C(=O)/C=C/c2c(Cl)cnn2C)s1. The third kappa shape index (κ3) is 2.71. The molecule has 0 spiro atoms. The molecule has 0 saturated carbocycles. The van der Waals surface area contributed by atoms with Gasteiger partial charge in [0.1, 0.15) is 0 Å². The first-order chi connectivity index (χ1) is 8.61. The molecule has 0 bridgehead atoms. The summed E-state index contributed by atoms with van der Waals surface area (Å²) in [4.78, 5) is 13.9. The van der Waals surface area contributed by atoms with Gasteiger partial charge in [0.05, 0.1) is 21.8 Å². The molecule has 2 aromatic rings. The summed E-state index contributed by atoms with van der Waals surface area (Å²) in [7, 11) is 1.79. The molecule has 2 rings (SSSR count). The van der Waals surface area contributed by atoms with Gasteiger partial charge in [-0.3, -0.25) is 9.48 Å². The number of carbonyl (C=O) groups excluding carboxylic acids is 1. The predicted molar refractivity (Wildman–Crippen MR) is 75.3 cm³/mol. The highest BCUT2D eigenvalue weighted by Gasteiger charge is 2.07. The van der Waals surface area contributed by atoms with Crippen molar-refractivity contribution in [1.29, 1.82) is 0 Å². The van der Waals surface area contributed by atoms with E-state index < -0.39 is 0 Å². The number of thiophene rings is 1. The summed E-state index contributed by atoms with van der Waals surface area (Å²) in [5, 5.41) is 4.55. The number of aromatic nitrogens is 2. The van der Waals surface area contributed by atoms with Gasteiger partial charge in [0.25, 0.3) is 0 Å². The van der Waals surface area contributed by atoms with Crippen molar-refractivity contribution in [3.8, 4) is 0 Å². The lowest BCUT2D eigenvalue weighted by molar-refractivity contribution is 0.105. The Morgan fingerprint density at radius 3 is 2.89 bits per heavy atom. The van der Waals surface area contributed by atoms with Crippen LogP contribution in [0.2, 0.25) is 5.02 Å². The van der Waals surface area contributed by atoms with E-state index in [0.29, 0.717) is 5.02 Å². The molecule has 2 heterocycles. The van der Waals surface area contributed by atoms with Crippen molar-refractivity contribution >= 4 is 34.8 Å². The van der Waals surface area contributed by atoms with Crippen LogP contribution in [0.1, 0.15) is 27.2 Å². The van der Waals surface area contributed by atoms with Gasteiger partial charge in [-0.05, 0) is 30.7 Å². The number of rotatable bonds is 4. The molecule has 0 radical (unpaired) electrons. The molecule has 0 aliphatic rings. The molecule has 0 fully saturated rings. The Labute approximate surface area is 115 Å². The molecule has 0 aromatic carbocycles. The maximum Gasteiger partial charge on any atom is 0.195 e. The van der Waals surface area contributed by atoms with Gasteiger partial charge < -0.3 is 0 Å². The van der Waals surface area contributed by atoms with Crippen LogP contribution in [0, 0.1) is 0 Å². The topological polar surface area (TPSA) is 34.9 Å². The highest BCUT2D eigenvalue weighted by Crippen LogP contribution is 2.19. The minimum absolute atomic E-state index is 0.00281. The van der Waals surface area contributed by atoms with E-state index in [9.17, 15) is 4.79 Å². The summed E-state index contributed by atoms with van der Waals surface area (Å²) in [5.74, 6) is -0.00281. The zero-order chi connectivity index (χ0) is 13.1. The molecule has 0 atom stereocenters. The van der Waals surface area contributed by atoms with Gasteiger partial charge >= 0.3 is 0 Å². The van der Waals surface area contributed by atoms with Crippen LogP contribution in [-0.4, -0.2) is 15.6 Å². The molecule has 0 unspecified atom stereocenters. The second kappa shape index (κ2) is 5.50. The lowest BCUT2D eigenvalue weighted by Gasteiger charge is -1.94. The Morgan fingerprint density at radius 1 is 1.56 bits per heavy atom. The van der Waals surface area contributed by atoms with Gasteiger partial charge in [0.15, 0.2) is 5.78 Å². The molecule has 0 saturated heterocycles. The van der Waals surface area contributed by atoms with Crippen LogP contribution in [0.25, 0.3) is 6.08 Å². The summed E-state index contributed by atoms with van der Waals surface area (Å²) < 4.78 is 1.64. The maximum atomic E-state index is 11.9. The van der Waals surface area contributed by atoms with Crippen LogP contribution >= 0.6 is 22.9 Å². The van der Waals surface area contributed by atoms with Crippen molar-refractivity contribution in [3.63, 3.8) is 0 Å². The second-order valence-corrected chi connectivity index (χ2v) is 5.39. The molecule has 3 nitrogen and oxygen atoms in total. The number of nitrogens with zero attached hydrogens (tertiary/aromatic N) is 2. The molecule has 0 aliphatic carbocycles. The van der Waals surface area contributed by atoms with E-state index in [4.69, 9.17) is 11.6 Å². The van der Waals surface area contributed by atoms with Crippen LogP contribution < -0.4 is 0 Å². The Bertz CT molecular complexity index is 578. The van der Waals surface area contributed by atoms with Crippen molar-refractivity contribution in [2.24, 2.45) is 7.05 Å². The zero-order valence-corrected chi connectivity index (χ0v) is 11.8. The molecular formula is C13H13ClN2OS. The van der Waals surface area contributed by atoms with E-state index in [0.717, 1.165) is 17.0 Å². The van der Waals surface area contributed by atoms with Crippen molar-refractivity contribution in [2.75, 3.05) is 0 Å². The molecule has 0 amide bonds. The van der Waals surface area contributed by atoms with Crippen LogP contribution in [-0.2, 0) is 13.5 Å². The number of aryl methyl sites for hydroxylation is 2. The van der Waals surface area contributed by atoms with Crippen molar-refractivity contribution in [1.82, 2.24) is 9.78 Å². The number of ketones is 1. The molecular weight excluding hydrogens is 268 g/mol. The normalized spacial score (nSPS) is 11.3. The molecule has 0 aliphatic heterocycles. The first-order valence-electron chi connectivity index (χ1n) is 5.60. The van der Waals surface area contributed by atoms with Gasteiger partial charge in [0, 0.05) is 11.9 Å². The van der Waals surface area contributed by atoms with E-state index in [1.54, 1.807) is 24.0 Å². The summed E-state index contributed by atoms with van der Waals surface area (Å²) in [6.07, 6.45) is 5.75. The zero-order valence-electron chi connectivity index (χ0n) is 10.2. The Morgan fingerprint density at radius 2 is 2.33 bits per heavy atom.